The number of piperidine rings is 1. The number of ether oxygens (including phenoxy) is 1. The van der Waals surface area contributed by atoms with Crippen LogP contribution in [0, 0.1) is 0 Å². The van der Waals surface area contributed by atoms with Crippen LogP contribution in [-0.2, 0) is 11.2 Å². The third kappa shape index (κ3) is 4.47. The minimum Gasteiger partial charge on any atom is -0.489 e. The van der Waals surface area contributed by atoms with Crippen molar-refractivity contribution in [2.24, 2.45) is 0 Å². The lowest BCUT2D eigenvalue weighted by Crippen LogP contribution is -2.42. The Labute approximate surface area is 145 Å². The summed E-state index contributed by atoms with van der Waals surface area (Å²) in [4.78, 5) is 22.5. The molecule has 0 radical (unpaired) electrons. The fourth-order valence-electron chi connectivity index (χ4n) is 2.55. The summed E-state index contributed by atoms with van der Waals surface area (Å²) in [5, 5.41) is 7.59. The van der Waals surface area contributed by atoms with Gasteiger partial charge < -0.3 is 9.64 Å². The summed E-state index contributed by atoms with van der Waals surface area (Å²) in [6.45, 7) is 3.45. The third-order valence-corrected chi connectivity index (χ3v) is 4.73. The Hall–Kier alpha value is -2.09. The molecule has 0 bridgehead atoms. The second-order valence-corrected chi connectivity index (χ2v) is 6.54. The highest BCUT2D eigenvalue weighted by Gasteiger charge is 2.24. The topological polar surface area (TPSA) is 84.0 Å². The number of H-pyrrole nitrogens is 1. The monoisotopic (exact) mass is 347 g/mol. The molecule has 0 aliphatic carbocycles. The van der Waals surface area contributed by atoms with Gasteiger partial charge in [-0.3, -0.25) is 14.9 Å². The fourth-order valence-corrected chi connectivity index (χ4v) is 3.27. The molecule has 7 nitrogen and oxygen atoms in total. The van der Waals surface area contributed by atoms with Gasteiger partial charge in [-0.05, 0) is 12.1 Å². The summed E-state index contributed by atoms with van der Waals surface area (Å²) in [6.07, 6.45) is 6.08. The maximum absolute atomic E-state index is 12.3. The maximum atomic E-state index is 12.3. The van der Waals surface area contributed by atoms with Crippen molar-refractivity contribution >= 4 is 17.7 Å². The average molecular weight is 347 g/mol. The first-order valence-corrected chi connectivity index (χ1v) is 9.11. The second-order valence-electron chi connectivity index (χ2n) is 5.59. The molecule has 2 aromatic heterocycles. The van der Waals surface area contributed by atoms with E-state index in [9.17, 15) is 4.79 Å². The van der Waals surface area contributed by atoms with Gasteiger partial charge in [-0.1, -0.05) is 18.7 Å². The fraction of sp³-hybridized carbons (Fsp3) is 0.500. The van der Waals surface area contributed by atoms with Crippen molar-refractivity contribution in [1.29, 1.82) is 0 Å². The first-order chi connectivity index (χ1) is 11.7. The maximum Gasteiger partial charge on any atom is 0.233 e. The molecule has 0 unspecified atom stereocenters. The van der Waals surface area contributed by atoms with Crippen molar-refractivity contribution in [3.8, 4) is 5.75 Å². The van der Waals surface area contributed by atoms with Gasteiger partial charge in [0, 0.05) is 38.5 Å². The van der Waals surface area contributed by atoms with E-state index in [4.69, 9.17) is 4.74 Å². The molecule has 1 amide bonds. The average Bonchev–Trinajstić information content (AvgIpc) is 3.09. The number of rotatable bonds is 6. The molecule has 1 fully saturated rings. The van der Waals surface area contributed by atoms with Crippen molar-refractivity contribution in [3.05, 3.63) is 30.4 Å². The van der Waals surface area contributed by atoms with Crippen LogP contribution in [0.15, 0.2) is 29.7 Å². The summed E-state index contributed by atoms with van der Waals surface area (Å²) in [5.74, 6) is 2.13. The number of hydrogen-bond donors (Lipinski definition) is 1. The molecular formula is C16H21N5O2S. The van der Waals surface area contributed by atoms with Crippen LogP contribution >= 0.6 is 11.8 Å². The molecule has 0 atom stereocenters. The quantitative estimate of drug-likeness (QED) is 0.804. The van der Waals surface area contributed by atoms with Crippen molar-refractivity contribution in [1.82, 2.24) is 25.1 Å². The van der Waals surface area contributed by atoms with Gasteiger partial charge in [0.1, 0.15) is 17.7 Å². The van der Waals surface area contributed by atoms with Crippen LogP contribution in [0.3, 0.4) is 0 Å². The lowest BCUT2D eigenvalue weighted by atomic mass is 10.1. The number of nitrogens with one attached hydrogen (secondary N) is 1. The molecule has 1 saturated heterocycles. The molecule has 1 aliphatic rings. The van der Waals surface area contributed by atoms with Gasteiger partial charge >= 0.3 is 0 Å². The smallest absolute Gasteiger partial charge is 0.233 e. The third-order valence-electron chi connectivity index (χ3n) is 3.90. The second kappa shape index (κ2) is 8.14. The molecule has 24 heavy (non-hydrogen) atoms. The minimum absolute atomic E-state index is 0.127. The first kappa shape index (κ1) is 16.8. The van der Waals surface area contributed by atoms with Crippen molar-refractivity contribution in [2.45, 2.75) is 37.4 Å². The Balaban J connectivity index is 1.41. The zero-order valence-electron chi connectivity index (χ0n) is 13.6. The van der Waals surface area contributed by atoms with Gasteiger partial charge in [0.15, 0.2) is 0 Å². The predicted octanol–water partition coefficient (Wildman–Crippen LogP) is 1.92. The number of amides is 1. The number of likely N-dealkylation sites (tertiary alicyclic amines) is 1. The van der Waals surface area contributed by atoms with E-state index in [1.54, 1.807) is 12.4 Å². The van der Waals surface area contributed by atoms with E-state index >= 15 is 0 Å². The van der Waals surface area contributed by atoms with E-state index in [0.717, 1.165) is 43.9 Å². The number of aromatic amines is 1. The lowest BCUT2D eigenvalue weighted by Gasteiger charge is -2.32. The normalized spacial score (nSPS) is 15.5. The molecule has 1 N–H and O–H groups in total. The summed E-state index contributed by atoms with van der Waals surface area (Å²) in [5.41, 5.74) is 0. The van der Waals surface area contributed by atoms with Gasteiger partial charge in [-0.25, -0.2) is 4.98 Å². The Morgan fingerprint density at radius 1 is 1.46 bits per heavy atom. The molecule has 0 spiro atoms. The van der Waals surface area contributed by atoms with Crippen LogP contribution in [0.2, 0.25) is 0 Å². The molecule has 3 rings (SSSR count). The van der Waals surface area contributed by atoms with E-state index in [0.29, 0.717) is 10.9 Å². The molecule has 2 aromatic rings. The number of carbonyl (C=O) groups excluding carboxylic acids is 1. The van der Waals surface area contributed by atoms with E-state index in [1.165, 1.54) is 11.8 Å². The van der Waals surface area contributed by atoms with Crippen molar-refractivity contribution in [2.75, 3.05) is 18.8 Å². The first-order valence-electron chi connectivity index (χ1n) is 8.13. The molecule has 0 saturated carbocycles. The molecular weight excluding hydrogens is 326 g/mol. The summed E-state index contributed by atoms with van der Waals surface area (Å²) >= 11 is 1.38. The van der Waals surface area contributed by atoms with Gasteiger partial charge in [0.2, 0.25) is 11.1 Å². The summed E-state index contributed by atoms with van der Waals surface area (Å²) in [7, 11) is 0. The number of nitrogens with zero attached hydrogens (tertiary/aromatic N) is 4. The molecule has 3 heterocycles. The van der Waals surface area contributed by atoms with Gasteiger partial charge in [-0.2, -0.15) is 0 Å². The van der Waals surface area contributed by atoms with Crippen molar-refractivity contribution < 1.29 is 9.53 Å². The summed E-state index contributed by atoms with van der Waals surface area (Å²) in [6, 6.07) is 3.76. The number of carbonyl (C=O) groups is 1. The van der Waals surface area contributed by atoms with Gasteiger partial charge in [0.25, 0.3) is 0 Å². The highest BCUT2D eigenvalue weighted by Crippen LogP contribution is 2.19. The Morgan fingerprint density at radius 2 is 2.29 bits per heavy atom. The largest absolute Gasteiger partial charge is 0.489 e. The van der Waals surface area contributed by atoms with E-state index < -0.39 is 0 Å². The lowest BCUT2D eigenvalue weighted by molar-refractivity contribution is -0.130. The zero-order chi connectivity index (χ0) is 16.8. The van der Waals surface area contributed by atoms with Crippen LogP contribution in [0.4, 0.5) is 0 Å². The van der Waals surface area contributed by atoms with Crippen LogP contribution in [0.1, 0.15) is 25.6 Å². The van der Waals surface area contributed by atoms with E-state index in [1.807, 2.05) is 24.0 Å². The van der Waals surface area contributed by atoms with Crippen LogP contribution in [-0.4, -0.2) is 55.9 Å². The van der Waals surface area contributed by atoms with E-state index in [-0.39, 0.29) is 12.0 Å². The van der Waals surface area contributed by atoms with Crippen molar-refractivity contribution in [3.63, 3.8) is 0 Å². The zero-order valence-corrected chi connectivity index (χ0v) is 14.5. The number of hydrogen-bond acceptors (Lipinski definition) is 6. The molecule has 0 aromatic carbocycles. The number of aryl methyl sites for hydroxylation is 1. The SMILES string of the molecule is CCc1nc(SCC(=O)N2CCC(Oc3cccnc3)CC2)n[nH]1. The predicted molar refractivity (Wildman–Crippen MR) is 91.0 cm³/mol. The number of thioether (sulfide) groups is 1. The molecule has 8 heteroatoms. The summed E-state index contributed by atoms with van der Waals surface area (Å²) < 4.78 is 5.90. The highest BCUT2D eigenvalue weighted by atomic mass is 32.2. The molecule has 128 valence electrons. The number of aromatic nitrogens is 4. The Morgan fingerprint density at radius 3 is 2.96 bits per heavy atom. The van der Waals surface area contributed by atoms with Crippen LogP contribution in [0.25, 0.3) is 0 Å². The van der Waals surface area contributed by atoms with Crippen LogP contribution < -0.4 is 4.74 Å². The van der Waals surface area contributed by atoms with E-state index in [2.05, 4.69) is 20.2 Å². The Bertz CT molecular complexity index is 655. The Kier molecular flexibility index (Phi) is 5.68. The number of pyridine rings is 1. The molecule has 1 aliphatic heterocycles. The standard InChI is InChI=1S/C16H21N5O2S/c1-2-14-18-16(20-19-14)24-11-15(22)21-8-5-12(6-9-21)23-13-4-3-7-17-10-13/h3-4,7,10,12H,2,5-6,8-9,11H2,1H3,(H,18,19,20). The highest BCUT2D eigenvalue weighted by molar-refractivity contribution is 7.99. The van der Waals surface area contributed by atoms with Gasteiger partial charge in [0.05, 0.1) is 11.9 Å². The van der Waals surface area contributed by atoms with Gasteiger partial charge in [-0.15, -0.1) is 5.10 Å². The minimum atomic E-state index is 0.127. The van der Waals surface area contributed by atoms with Crippen LogP contribution in [0.5, 0.6) is 5.75 Å².